The minimum Gasteiger partial charge on any atom is -0.384 e. The number of aromatic nitrogens is 1. The van der Waals surface area contributed by atoms with Gasteiger partial charge in [0.05, 0.1) is 0 Å². The Morgan fingerprint density at radius 2 is 1.89 bits per heavy atom. The molecular formula is C14H22N4O. The number of rotatable bonds is 2. The molecule has 5 nitrogen and oxygen atoms in total. The zero-order chi connectivity index (χ0) is 14.0. The molecule has 1 amide bonds. The molecule has 1 aliphatic heterocycles. The van der Waals surface area contributed by atoms with Crippen LogP contribution >= 0.6 is 0 Å². The maximum Gasteiger partial charge on any atom is 0.254 e. The van der Waals surface area contributed by atoms with E-state index in [0.717, 1.165) is 31.9 Å². The lowest BCUT2D eigenvalue weighted by Crippen LogP contribution is -2.50. The zero-order valence-electron chi connectivity index (χ0n) is 11.9. The van der Waals surface area contributed by atoms with E-state index in [1.54, 1.807) is 12.1 Å². The van der Waals surface area contributed by atoms with Crippen LogP contribution in [0.5, 0.6) is 0 Å². The molecule has 1 aliphatic rings. The summed E-state index contributed by atoms with van der Waals surface area (Å²) in [6, 6.07) is 3.99. The summed E-state index contributed by atoms with van der Waals surface area (Å²) in [6.45, 7) is 9.64. The van der Waals surface area contributed by atoms with Crippen LogP contribution < -0.4 is 5.73 Å². The van der Waals surface area contributed by atoms with E-state index in [-0.39, 0.29) is 5.91 Å². The molecule has 104 valence electrons. The van der Waals surface area contributed by atoms with Crippen LogP contribution in [0, 0.1) is 6.92 Å². The fourth-order valence-electron chi connectivity index (χ4n) is 2.44. The molecule has 19 heavy (non-hydrogen) atoms. The highest BCUT2D eigenvalue weighted by atomic mass is 16.2. The Morgan fingerprint density at radius 3 is 2.42 bits per heavy atom. The van der Waals surface area contributed by atoms with Gasteiger partial charge in [-0.05, 0) is 32.9 Å². The van der Waals surface area contributed by atoms with Crippen molar-refractivity contribution in [3.63, 3.8) is 0 Å². The number of aryl methyl sites for hydroxylation is 1. The second kappa shape index (κ2) is 5.57. The first kappa shape index (κ1) is 13.8. The number of amides is 1. The Morgan fingerprint density at radius 1 is 1.26 bits per heavy atom. The average Bonchev–Trinajstić information content (AvgIpc) is 2.37. The number of nitrogens with zero attached hydrogens (tertiary/aromatic N) is 3. The van der Waals surface area contributed by atoms with Gasteiger partial charge in [-0.2, -0.15) is 0 Å². The third kappa shape index (κ3) is 3.23. The summed E-state index contributed by atoms with van der Waals surface area (Å²) in [5.41, 5.74) is 7.12. The van der Waals surface area contributed by atoms with Crippen molar-refractivity contribution in [2.24, 2.45) is 0 Å². The van der Waals surface area contributed by atoms with Gasteiger partial charge in [-0.15, -0.1) is 0 Å². The molecule has 0 aliphatic carbocycles. The molecule has 1 fully saturated rings. The van der Waals surface area contributed by atoms with Crippen molar-refractivity contribution in [1.29, 1.82) is 0 Å². The SMILES string of the molecule is Cc1cc(C(=O)N2CCN(C(C)C)CC2)cc(N)n1. The molecule has 5 heteroatoms. The third-order valence-corrected chi connectivity index (χ3v) is 3.55. The van der Waals surface area contributed by atoms with Gasteiger partial charge >= 0.3 is 0 Å². The number of carbonyl (C=O) groups excluding carboxylic acids is 1. The van der Waals surface area contributed by atoms with Crippen LogP contribution in [0.25, 0.3) is 0 Å². The Balaban J connectivity index is 2.05. The van der Waals surface area contributed by atoms with Gasteiger partial charge in [0.25, 0.3) is 5.91 Å². The van der Waals surface area contributed by atoms with Crippen molar-refractivity contribution >= 4 is 11.7 Å². The topological polar surface area (TPSA) is 62.5 Å². The molecule has 2 rings (SSSR count). The Labute approximate surface area is 114 Å². The lowest BCUT2D eigenvalue weighted by molar-refractivity contribution is 0.0595. The van der Waals surface area contributed by atoms with Crippen LogP contribution in [0.1, 0.15) is 29.9 Å². The van der Waals surface area contributed by atoms with Crippen molar-refractivity contribution in [1.82, 2.24) is 14.8 Å². The van der Waals surface area contributed by atoms with E-state index in [1.807, 2.05) is 11.8 Å². The fraction of sp³-hybridized carbons (Fsp3) is 0.571. The minimum absolute atomic E-state index is 0.0561. The molecule has 2 heterocycles. The van der Waals surface area contributed by atoms with Gasteiger partial charge in [-0.3, -0.25) is 9.69 Å². The lowest BCUT2D eigenvalue weighted by atomic mass is 10.1. The van der Waals surface area contributed by atoms with E-state index in [0.29, 0.717) is 17.4 Å². The normalized spacial score (nSPS) is 16.9. The van der Waals surface area contributed by atoms with E-state index in [2.05, 4.69) is 23.7 Å². The van der Waals surface area contributed by atoms with Crippen LogP contribution in [-0.4, -0.2) is 52.9 Å². The summed E-state index contributed by atoms with van der Waals surface area (Å²) in [4.78, 5) is 20.8. The highest BCUT2D eigenvalue weighted by molar-refractivity contribution is 5.95. The van der Waals surface area contributed by atoms with E-state index >= 15 is 0 Å². The number of piperazine rings is 1. The van der Waals surface area contributed by atoms with E-state index in [9.17, 15) is 4.79 Å². The summed E-state index contributed by atoms with van der Waals surface area (Å²) in [5.74, 6) is 0.463. The van der Waals surface area contributed by atoms with Gasteiger partial charge < -0.3 is 10.6 Å². The molecule has 0 unspecified atom stereocenters. The first-order valence-electron chi connectivity index (χ1n) is 6.75. The summed E-state index contributed by atoms with van der Waals surface area (Å²) in [5, 5.41) is 0. The molecule has 0 atom stereocenters. The van der Waals surface area contributed by atoms with Crippen LogP contribution in [0.15, 0.2) is 12.1 Å². The number of hydrogen-bond donors (Lipinski definition) is 1. The van der Waals surface area contributed by atoms with Crippen molar-refractivity contribution in [2.45, 2.75) is 26.8 Å². The summed E-state index contributed by atoms with van der Waals surface area (Å²) < 4.78 is 0. The van der Waals surface area contributed by atoms with Crippen molar-refractivity contribution in [3.8, 4) is 0 Å². The summed E-state index contributed by atoms with van der Waals surface area (Å²) in [6.07, 6.45) is 0. The monoisotopic (exact) mass is 262 g/mol. The number of nitrogen functional groups attached to an aromatic ring is 1. The van der Waals surface area contributed by atoms with Crippen molar-refractivity contribution in [3.05, 3.63) is 23.4 Å². The van der Waals surface area contributed by atoms with Gasteiger partial charge in [0.15, 0.2) is 0 Å². The molecule has 0 aromatic carbocycles. The van der Waals surface area contributed by atoms with Crippen LogP contribution in [0.2, 0.25) is 0 Å². The van der Waals surface area contributed by atoms with Gasteiger partial charge in [0.2, 0.25) is 0 Å². The molecule has 2 N–H and O–H groups in total. The standard InChI is InChI=1S/C14H22N4O/c1-10(2)17-4-6-18(7-5-17)14(19)12-8-11(3)16-13(15)9-12/h8-10H,4-7H2,1-3H3,(H2,15,16). The Bertz CT molecular complexity index is 444. The quantitative estimate of drug-likeness (QED) is 0.868. The molecule has 0 radical (unpaired) electrons. The maximum atomic E-state index is 12.4. The van der Waals surface area contributed by atoms with Gasteiger partial charge in [-0.1, -0.05) is 0 Å². The van der Waals surface area contributed by atoms with Crippen molar-refractivity contribution in [2.75, 3.05) is 31.9 Å². The molecule has 1 aromatic heterocycles. The molecule has 0 bridgehead atoms. The maximum absolute atomic E-state index is 12.4. The second-order valence-corrected chi connectivity index (χ2v) is 5.34. The first-order valence-corrected chi connectivity index (χ1v) is 6.75. The van der Waals surface area contributed by atoms with Gasteiger partial charge in [0, 0.05) is 43.5 Å². The summed E-state index contributed by atoms with van der Waals surface area (Å²) in [7, 11) is 0. The molecular weight excluding hydrogens is 240 g/mol. The molecule has 1 aromatic rings. The largest absolute Gasteiger partial charge is 0.384 e. The fourth-order valence-corrected chi connectivity index (χ4v) is 2.44. The number of anilines is 1. The predicted molar refractivity (Wildman–Crippen MR) is 76.0 cm³/mol. The van der Waals surface area contributed by atoms with E-state index in [1.165, 1.54) is 0 Å². The zero-order valence-corrected chi connectivity index (χ0v) is 11.9. The number of hydrogen-bond acceptors (Lipinski definition) is 4. The average molecular weight is 262 g/mol. The van der Waals surface area contributed by atoms with Crippen molar-refractivity contribution < 1.29 is 4.79 Å². The van der Waals surface area contributed by atoms with Crippen LogP contribution in [-0.2, 0) is 0 Å². The Hall–Kier alpha value is -1.62. The molecule has 0 saturated carbocycles. The minimum atomic E-state index is 0.0561. The first-order chi connectivity index (χ1) is 8.97. The highest BCUT2D eigenvalue weighted by Crippen LogP contribution is 2.13. The van der Waals surface area contributed by atoms with Crippen LogP contribution in [0.3, 0.4) is 0 Å². The highest BCUT2D eigenvalue weighted by Gasteiger charge is 2.23. The lowest BCUT2D eigenvalue weighted by Gasteiger charge is -2.37. The third-order valence-electron chi connectivity index (χ3n) is 3.55. The number of carbonyl (C=O) groups is 1. The Kier molecular flexibility index (Phi) is 4.04. The van der Waals surface area contributed by atoms with E-state index in [4.69, 9.17) is 5.73 Å². The second-order valence-electron chi connectivity index (χ2n) is 5.34. The summed E-state index contributed by atoms with van der Waals surface area (Å²) >= 11 is 0. The molecule has 1 saturated heterocycles. The number of nitrogens with two attached hydrogens (primary N) is 1. The predicted octanol–water partition coefficient (Wildman–Crippen LogP) is 1.14. The van der Waals surface area contributed by atoms with Gasteiger partial charge in [0.1, 0.15) is 5.82 Å². The van der Waals surface area contributed by atoms with Gasteiger partial charge in [-0.25, -0.2) is 4.98 Å². The smallest absolute Gasteiger partial charge is 0.254 e. The molecule has 0 spiro atoms. The van der Waals surface area contributed by atoms with E-state index < -0.39 is 0 Å². The number of pyridine rings is 1. The van der Waals surface area contributed by atoms with Crippen LogP contribution in [0.4, 0.5) is 5.82 Å².